The van der Waals surface area contributed by atoms with Crippen molar-refractivity contribution in [2.45, 2.75) is 46.2 Å². The first-order valence-electron chi connectivity index (χ1n) is 10.8. The van der Waals surface area contributed by atoms with Gasteiger partial charge in [-0.05, 0) is 49.4 Å². The topological polar surface area (TPSA) is 60.1 Å². The highest BCUT2D eigenvalue weighted by atomic mass is 16.3. The molecule has 4 aromatic rings. The van der Waals surface area contributed by atoms with E-state index in [0.29, 0.717) is 23.1 Å². The van der Waals surface area contributed by atoms with E-state index in [2.05, 4.69) is 36.0 Å². The second kappa shape index (κ2) is 7.50. The SMILES string of the molecule is Cc1ccc2occ(CNC3CC(C)(C)Cc4c3cnn4-c3ccccc3)c(=O)c2c1. The maximum atomic E-state index is 13.0. The molecule has 0 bridgehead atoms. The van der Waals surface area contributed by atoms with Crippen molar-refractivity contribution >= 4 is 11.0 Å². The van der Waals surface area contributed by atoms with Crippen LogP contribution in [0.25, 0.3) is 16.7 Å². The summed E-state index contributed by atoms with van der Waals surface area (Å²) in [6, 6.07) is 16.1. The number of fused-ring (bicyclic) bond motifs is 2. The minimum absolute atomic E-state index is 0.0349. The Labute approximate surface area is 181 Å². The molecule has 0 fully saturated rings. The zero-order chi connectivity index (χ0) is 21.6. The molecule has 31 heavy (non-hydrogen) atoms. The molecule has 5 heteroatoms. The van der Waals surface area contributed by atoms with Crippen molar-refractivity contribution in [2.24, 2.45) is 5.41 Å². The Hall–Kier alpha value is -3.18. The van der Waals surface area contributed by atoms with Crippen molar-refractivity contribution in [1.82, 2.24) is 15.1 Å². The van der Waals surface area contributed by atoms with Crippen molar-refractivity contribution in [3.8, 4) is 5.69 Å². The first-order chi connectivity index (χ1) is 14.9. The zero-order valence-electron chi connectivity index (χ0n) is 18.2. The summed E-state index contributed by atoms with van der Waals surface area (Å²) in [6.45, 7) is 7.03. The number of nitrogens with zero attached hydrogens (tertiary/aromatic N) is 2. The summed E-state index contributed by atoms with van der Waals surface area (Å²) in [5.41, 5.74) is 6.02. The van der Waals surface area contributed by atoms with E-state index in [1.165, 1.54) is 11.3 Å². The molecular formula is C26H27N3O2. The standard InChI is InChI=1S/C26H27N3O2/c1-17-9-10-24-20(11-17)25(30)18(16-31-24)14-27-22-12-26(2,3)13-23-21(22)15-28-29(23)19-7-5-4-6-8-19/h4-11,15-16,22,27H,12-14H2,1-3H3. The van der Waals surface area contributed by atoms with Crippen LogP contribution in [-0.4, -0.2) is 9.78 Å². The van der Waals surface area contributed by atoms with Gasteiger partial charge in [0.05, 0.1) is 23.5 Å². The van der Waals surface area contributed by atoms with Gasteiger partial charge in [-0.3, -0.25) is 4.79 Å². The van der Waals surface area contributed by atoms with Crippen LogP contribution in [0.5, 0.6) is 0 Å². The third kappa shape index (κ3) is 3.70. The maximum Gasteiger partial charge on any atom is 0.197 e. The van der Waals surface area contributed by atoms with E-state index in [4.69, 9.17) is 9.52 Å². The molecule has 0 spiro atoms. The van der Waals surface area contributed by atoms with Crippen LogP contribution in [0.4, 0.5) is 0 Å². The number of nitrogens with one attached hydrogen (secondary N) is 1. The number of hydrogen-bond donors (Lipinski definition) is 1. The van der Waals surface area contributed by atoms with E-state index in [1.54, 1.807) is 6.26 Å². The summed E-state index contributed by atoms with van der Waals surface area (Å²) < 4.78 is 7.79. The monoisotopic (exact) mass is 413 g/mol. The molecule has 0 amide bonds. The Morgan fingerprint density at radius 1 is 1.19 bits per heavy atom. The molecule has 5 nitrogen and oxygen atoms in total. The van der Waals surface area contributed by atoms with Crippen molar-refractivity contribution in [2.75, 3.05) is 0 Å². The van der Waals surface area contributed by atoms with Gasteiger partial charge in [-0.15, -0.1) is 0 Å². The predicted octanol–water partition coefficient (Wildman–Crippen LogP) is 5.09. The molecule has 2 heterocycles. The van der Waals surface area contributed by atoms with Crippen LogP contribution in [0.2, 0.25) is 0 Å². The second-order valence-electron chi connectivity index (χ2n) is 9.36. The molecule has 2 aromatic carbocycles. The number of benzene rings is 2. The van der Waals surface area contributed by atoms with E-state index in [1.807, 2.05) is 49.5 Å². The van der Waals surface area contributed by atoms with Crippen LogP contribution in [0.3, 0.4) is 0 Å². The van der Waals surface area contributed by atoms with Gasteiger partial charge in [0.1, 0.15) is 5.58 Å². The van der Waals surface area contributed by atoms with E-state index >= 15 is 0 Å². The fourth-order valence-electron chi connectivity index (χ4n) is 4.66. The number of para-hydroxylation sites is 1. The van der Waals surface area contributed by atoms with Crippen LogP contribution in [0.15, 0.2) is 70.2 Å². The van der Waals surface area contributed by atoms with Gasteiger partial charge >= 0.3 is 0 Å². The minimum Gasteiger partial charge on any atom is -0.464 e. The van der Waals surface area contributed by atoms with Gasteiger partial charge in [-0.25, -0.2) is 4.68 Å². The average Bonchev–Trinajstić information content (AvgIpc) is 3.17. The molecule has 158 valence electrons. The second-order valence-corrected chi connectivity index (χ2v) is 9.36. The Balaban J connectivity index is 1.46. The lowest BCUT2D eigenvalue weighted by atomic mass is 9.74. The molecule has 2 aromatic heterocycles. The third-order valence-electron chi connectivity index (χ3n) is 6.22. The quantitative estimate of drug-likeness (QED) is 0.506. The lowest BCUT2D eigenvalue weighted by Crippen LogP contribution is -2.34. The molecule has 1 unspecified atom stereocenters. The first-order valence-corrected chi connectivity index (χ1v) is 10.8. The fraction of sp³-hybridized carbons (Fsp3) is 0.308. The molecule has 0 saturated carbocycles. The average molecular weight is 414 g/mol. The van der Waals surface area contributed by atoms with E-state index in [0.717, 1.165) is 24.1 Å². The summed E-state index contributed by atoms with van der Waals surface area (Å²) in [4.78, 5) is 13.0. The highest BCUT2D eigenvalue weighted by Crippen LogP contribution is 2.41. The van der Waals surface area contributed by atoms with Gasteiger partial charge in [0.25, 0.3) is 0 Å². The minimum atomic E-state index is 0.0349. The van der Waals surface area contributed by atoms with Crippen molar-refractivity contribution in [1.29, 1.82) is 0 Å². The van der Waals surface area contributed by atoms with E-state index in [9.17, 15) is 4.79 Å². The number of hydrogen-bond acceptors (Lipinski definition) is 4. The molecule has 0 saturated heterocycles. The predicted molar refractivity (Wildman–Crippen MR) is 122 cm³/mol. The van der Waals surface area contributed by atoms with Gasteiger partial charge < -0.3 is 9.73 Å². The van der Waals surface area contributed by atoms with Crippen molar-refractivity contribution in [3.05, 3.63) is 93.6 Å². The normalized spacial score (nSPS) is 17.6. The molecular weight excluding hydrogens is 386 g/mol. The van der Waals surface area contributed by atoms with Crippen LogP contribution in [0.1, 0.15) is 48.7 Å². The lowest BCUT2D eigenvalue weighted by Gasteiger charge is -2.36. The number of aromatic nitrogens is 2. The van der Waals surface area contributed by atoms with Gasteiger partial charge in [-0.1, -0.05) is 43.7 Å². The van der Waals surface area contributed by atoms with Crippen LogP contribution in [0, 0.1) is 12.3 Å². The van der Waals surface area contributed by atoms with E-state index in [-0.39, 0.29) is 16.9 Å². The number of aryl methyl sites for hydroxylation is 1. The van der Waals surface area contributed by atoms with Gasteiger partial charge in [-0.2, -0.15) is 5.10 Å². The van der Waals surface area contributed by atoms with E-state index < -0.39 is 0 Å². The zero-order valence-corrected chi connectivity index (χ0v) is 18.2. The first kappa shape index (κ1) is 19.8. The van der Waals surface area contributed by atoms with Gasteiger partial charge in [0, 0.05) is 29.4 Å². The summed E-state index contributed by atoms with van der Waals surface area (Å²) in [7, 11) is 0. The largest absolute Gasteiger partial charge is 0.464 e. The summed E-state index contributed by atoms with van der Waals surface area (Å²) in [5.74, 6) is 0. The van der Waals surface area contributed by atoms with Gasteiger partial charge in [0.2, 0.25) is 0 Å². The molecule has 1 aliphatic carbocycles. The summed E-state index contributed by atoms with van der Waals surface area (Å²) in [6.07, 6.45) is 5.52. The van der Waals surface area contributed by atoms with Crippen molar-refractivity contribution < 1.29 is 4.42 Å². The van der Waals surface area contributed by atoms with Gasteiger partial charge in [0.15, 0.2) is 5.43 Å². The summed E-state index contributed by atoms with van der Waals surface area (Å²) >= 11 is 0. The smallest absolute Gasteiger partial charge is 0.197 e. The Morgan fingerprint density at radius 2 is 2.00 bits per heavy atom. The highest BCUT2D eigenvalue weighted by Gasteiger charge is 2.35. The maximum absolute atomic E-state index is 13.0. The van der Waals surface area contributed by atoms with Crippen LogP contribution >= 0.6 is 0 Å². The molecule has 1 N–H and O–H groups in total. The molecule has 1 atom stereocenters. The molecule has 5 rings (SSSR count). The van der Waals surface area contributed by atoms with Crippen LogP contribution in [-0.2, 0) is 13.0 Å². The third-order valence-corrected chi connectivity index (χ3v) is 6.22. The fourth-order valence-corrected chi connectivity index (χ4v) is 4.66. The number of rotatable bonds is 4. The molecule has 0 radical (unpaired) electrons. The Morgan fingerprint density at radius 3 is 2.81 bits per heavy atom. The van der Waals surface area contributed by atoms with Crippen molar-refractivity contribution in [3.63, 3.8) is 0 Å². The molecule has 0 aliphatic heterocycles. The lowest BCUT2D eigenvalue weighted by molar-refractivity contribution is 0.252. The molecule has 1 aliphatic rings. The summed E-state index contributed by atoms with van der Waals surface area (Å²) in [5, 5.41) is 8.96. The Kier molecular flexibility index (Phi) is 4.78. The highest BCUT2D eigenvalue weighted by molar-refractivity contribution is 5.77. The van der Waals surface area contributed by atoms with Crippen LogP contribution < -0.4 is 10.7 Å². The Bertz CT molecular complexity index is 1300.